The van der Waals surface area contributed by atoms with Crippen LogP contribution in [-0.4, -0.2) is 0 Å². The Morgan fingerprint density at radius 1 is 1.00 bits per heavy atom. The van der Waals surface area contributed by atoms with Gasteiger partial charge >= 0.3 is 0 Å². The predicted octanol–water partition coefficient (Wildman–Crippen LogP) is 5.53. The summed E-state index contributed by atoms with van der Waals surface area (Å²) in [5.74, 6) is -1.43. The minimum Gasteiger partial charge on any atom is -0.451 e. The Labute approximate surface area is 115 Å². The van der Waals surface area contributed by atoms with Crippen molar-refractivity contribution < 1.29 is 13.5 Å². The highest BCUT2D eigenvalue weighted by Gasteiger charge is 2.15. The van der Waals surface area contributed by atoms with Crippen molar-refractivity contribution in [2.75, 3.05) is 0 Å². The highest BCUT2D eigenvalue weighted by atomic mass is 35.5. The first-order valence-corrected chi connectivity index (χ1v) is 6.27. The topological polar surface area (TPSA) is 9.23 Å². The molecule has 1 nitrogen and oxygen atoms in total. The van der Waals surface area contributed by atoms with Crippen molar-refractivity contribution >= 4 is 11.6 Å². The number of hydrogen-bond acceptors (Lipinski definition) is 1. The molecule has 0 aromatic heterocycles. The van der Waals surface area contributed by atoms with Crippen LogP contribution in [0.25, 0.3) is 0 Å². The molecule has 0 radical (unpaired) electrons. The predicted molar refractivity (Wildman–Crippen MR) is 72.0 cm³/mol. The Balaban J connectivity index is 2.32. The summed E-state index contributed by atoms with van der Waals surface area (Å²) in [7, 11) is 0. The summed E-state index contributed by atoms with van der Waals surface area (Å²) in [5.41, 5.74) is 0.596. The average molecular weight is 283 g/mol. The van der Waals surface area contributed by atoms with Crippen molar-refractivity contribution in [1.82, 2.24) is 0 Å². The minimum atomic E-state index is -0.710. The van der Waals surface area contributed by atoms with Crippen LogP contribution in [-0.2, 0) is 0 Å². The first-order chi connectivity index (χ1) is 8.97. The molecule has 0 fully saturated rings. The van der Waals surface area contributed by atoms with E-state index in [4.69, 9.17) is 16.3 Å². The van der Waals surface area contributed by atoms with E-state index in [1.54, 1.807) is 24.3 Å². The van der Waals surface area contributed by atoms with Crippen LogP contribution in [0.3, 0.4) is 0 Å². The largest absolute Gasteiger partial charge is 0.451 e. The maximum absolute atomic E-state index is 13.8. The second-order valence-electron chi connectivity index (χ2n) is 4.52. The lowest BCUT2D eigenvalue weighted by Gasteiger charge is -2.11. The molecular formula is C15H13ClF2O. The van der Waals surface area contributed by atoms with Crippen LogP contribution in [0.4, 0.5) is 8.78 Å². The molecule has 19 heavy (non-hydrogen) atoms. The number of hydrogen-bond donors (Lipinski definition) is 0. The van der Waals surface area contributed by atoms with Crippen LogP contribution in [0.1, 0.15) is 25.3 Å². The van der Waals surface area contributed by atoms with Crippen LogP contribution in [0.5, 0.6) is 11.5 Å². The highest BCUT2D eigenvalue weighted by Crippen LogP contribution is 2.31. The van der Waals surface area contributed by atoms with E-state index in [1.807, 2.05) is 13.8 Å². The van der Waals surface area contributed by atoms with E-state index in [2.05, 4.69) is 0 Å². The minimum absolute atomic E-state index is 0.0496. The molecule has 0 saturated heterocycles. The van der Waals surface area contributed by atoms with Gasteiger partial charge in [0.05, 0.1) is 0 Å². The quantitative estimate of drug-likeness (QED) is 0.719. The molecule has 0 saturated carbocycles. The Morgan fingerprint density at radius 2 is 1.53 bits per heavy atom. The van der Waals surface area contributed by atoms with Crippen molar-refractivity contribution in [3.63, 3.8) is 0 Å². The molecule has 2 aromatic carbocycles. The van der Waals surface area contributed by atoms with Gasteiger partial charge in [0.15, 0.2) is 17.4 Å². The zero-order chi connectivity index (χ0) is 14.0. The summed E-state index contributed by atoms with van der Waals surface area (Å²) in [5, 5.41) is 0.531. The van der Waals surface area contributed by atoms with Crippen LogP contribution < -0.4 is 4.74 Å². The van der Waals surface area contributed by atoms with Gasteiger partial charge in [-0.25, -0.2) is 8.78 Å². The number of benzene rings is 2. The van der Waals surface area contributed by atoms with Crippen LogP contribution in [0.15, 0.2) is 36.4 Å². The Morgan fingerprint density at radius 3 is 2.00 bits per heavy atom. The van der Waals surface area contributed by atoms with Crippen molar-refractivity contribution in [3.8, 4) is 11.5 Å². The number of rotatable bonds is 3. The van der Waals surface area contributed by atoms with Gasteiger partial charge in [-0.15, -0.1) is 0 Å². The highest BCUT2D eigenvalue weighted by molar-refractivity contribution is 6.30. The van der Waals surface area contributed by atoms with Gasteiger partial charge in [-0.05, 0) is 47.9 Å². The standard InChI is InChI=1S/C15H13ClF2O/c1-9(2)10-7-13(17)15(14(18)8-10)19-12-5-3-11(16)4-6-12/h3-9H,1-2H3. The first-order valence-electron chi connectivity index (χ1n) is 5.89. The molecule has 100 valence electrons. The van der Waals surface area contributed by atoms with E-state index >= 15 is 0 Å². The average Bonchev–Trinajstić information content (AvgIpc) is 2.35. The molecule has 0 atom stereocenters. The Kier molecular flexibility index (Phi) is 4.05. The van der Waals surface area contributed by atoms with Gasteiger partial charge in [-0.1, -0.05) is 25.4 Å². The Bertz CT molecular complexity index is 556. The molecule has 2 aromatic rings. The molecule has 0 amide bonds. The molecule has 2 rings (SSSR count). The van der Waals surface area contributed by atoms with Crippen molar-refractivity contribution in [1.29, 1.82) is 0 Å². The third-order valence-corrected chi connectivity index (χ3v) is 2.97. The van der Waals surface area contributed by atoms with E-state index in [1.165, 1.54) is 12.1 Å². The normalized spacial score (nSPS) is 10.8. The summed E-state index contributed by atoms with van der Waals surface area (Å²) < 4.78 is 32.9. The fourth-order valence-corrected chi connectivity index (χ4v) is 1.76. The van der Waals surface area contributed by atoms with Gasteiger partial charge in [0.1, 0.15) is 5.75 Å². The third kappa shape index (κ3) is 3.24. The Hall–Kier alpha value is -1.61. The third-order valence-electron chi connectivity index (χ3n) is 2.72. The fraction of sp³-hybridized carbons (Fsp3) is 0.200. The van der Waals surface area contributed by atoms with E-state index in [9.17, 15) is 8.78 Å². The molecule has 0 unspecified atom stereocenters. The second kappa shape index (κ2) is 5.57. The molecular weight excluding hydrogens is 270 g/mol. The molecule has 0 bridgehead atoms. The zero-order valence-corrected chi connectivity index (χ0v) is 11.3. The monoisotopic (exact) mass is 282 g/mol. The lowest BCUT2D eigenvalue weighted by Crippen LogP contribution is -1.97. The SMILES string of the molecule is CC(C)c1cc(F)c(Oc2ccc(Cl)cc2)c(F)c1. The lowest BCUT2D eigenvalue weighted by atomic mass is 10.0. The summed E-state index contributed by atoms with van der Waals surface area (Å²) >= 11 is 5.73. The van der Waals surface area contributed by atoms with Crippen LogP contribution in [0, 0.1) is 11.6 Å². The van der Waals surface area contributed by atoms with E-state index in [0.29, 0.717) is 16.3 Å². The van der Waals surface area contributed by atoms with Gasteiger partial charge in [0, 0.05) is 5.02 Å². The van der Waals surface area contributed by atoms with Crippen molar-refractivity contribution in [2.45, 2.75) is 19.8 Å². The summed E-state index contributed by atoms with van der Waals surface area (Å²) in [4.78, 5) is 0. The molecule has 0 aliphatic rings. The van der Waals surface area contributed by atoms with Gasteiger partial charge in [0.25, 0.3) is 0 Å². The summed E-state index contributed by atoms with van der Waals surface area (Å²) in [6.07, 6.45) is 0. The lowest BCUT2D eigenvalue weighted by molar-refractivity contribution is 0.406. The van der Waals surface area contributed by atoms with Gasteiger partial charge < -0.3 is 4.74 Å². The molecule has 0 heterocycles. The van der Waals surface area contributed by atoms with E-state index in [0.717, 1.165) is 0 Å². The molecule has 0 aliphatic heterocycles. The van der Waals surface area contributed by atoms with Gasteiger partial charge in [0.2, 0.25) is 0 Å². The molecule has 4 heteroatoms. The fourth-order valence-electron chi connectivity index (χ4n) is 1.63. The van der Waals surface area contributed by atoms with Crippen LogP contribution in [0.2, 0.25) is 5.02 Å². The van der Waals surface area contributed by atoms with Crippen molar-refractivity contribution in [3.05, 3.63) is 58.6 Å². The zero-order valence-electron chi connectivity index (χ0n) is 10.6. The summed E-state index contributed by atoms with van der Waals surface area (Å²) in [6, 6.07) is 8.87. The number of halogens is 3. The smallest absolute Gasteiger partial charge is 0.198 e. The van der Waals surface area contributed by atoms with Gasteiger partial charge in [-0.2, -0.15) is 0 Å². The van der Waals surface area contributed by atoms with Crippen molar-refractivity contribution in [2.24, 2.45) is 0 Å². The van der Waals surface area contributed by atoms with Crippen LogP contribution >= 0.6 is 11.6 Å². The van der Waals surface area contributed by atoms with Gasteiger partial charge in [-0.3, -0.25) is 0 Å². The molecule has 0 N–H and O–H groups in total. The van der Waals surface area contributed by atoms with E-state index in [-0.39, 0.29) is 5.92 Å². The second-order valence-corrected chi connectivity index (χ2v) is 4.96. The number of ether oxygens (including phenoxy) is 1. The maximum Gasteiger partial charge on any atom is 0.198 e. The first kappa shape index (κ1) is 13.8. The van der Waals surface area contributed by atoms with E-state index < -0.39 is 17.4 Å². The summed E-state index contributed by atoms with van der Waals surface area (Å²) in [6.45, 7) is 3.74. The molecule has 0 spiro atoms. The molecule has 0 aliphatic carbocycles. The maximum atomic E-state index is 13.8.